The number of aliphatic carboxylic acids is 1. The molecule has 1 aromatic heterocycles. The van der Waals surface area contributed by atoms with E-state index in [0.29, 0.717) is 34.0 Å². The molecular weight excluding hydrogens is 342 g/mol. The Bertz CT molecular complexity index is 1040. The zero-order valence-corrected chi connectivity index (χ0v) is 15.4. The molecule has 1 heterocycles. The second-order valence-corrected chi connectivity index (χ2v) is 7.05. The fourth-order valence-electron chi connectivity index (χ4n) is 3.67. The van der Waals surface area contributed by atoms with Gasteiger partial charge in [0.1, 0.15) is 5.75 Å². The fraction of sp³-hybridized carbons (Fsp3) is 0.273. The Morgan fingerprint density at radius 1 is 1.15 bits per heavy atom. The summed E-state index contributed by atoms with van der Waals surface area (Å²) in [5.74, 6) is 0.188. The van der Waals surface area contributed by atoms with Crippen LogP contribution in [0.15, 0.2) is 42.5 Å². The summed E-state index contributed by atoms with van der Waals surface area (Å²) in [5, 5.41) is 10.0. The number of ether oxygens (including phenoxy) is 1. The van der Waals surface area contributed by atoms with Crippen molar-refractivity contribution in [3.05, 3.63) is 64.8 Å². The molecule has 0 aliphatic heterocycles. The number of rotatable bonds is 5. The number of nitrogens with zero attached hydrogens (tertiary/aromatic N) is 1. The van der Waals surface area contributed by atoms with Crippen molar-refractivity contribution in [3.8, 4) is 5.75 Å². The highest BCUT2D eigenvalue weighted by Crippen LogP contribution is 2.40. The SMILES string of the molecule is COc1ccc2c(c1)c(CC(=O)O)c(C)n2C(=O)c1ccc(C2CC2)cc1. The van der Waals surface area contributed by atoms with Crippen LogP contribution in [0.5, 0.6) is 5.75 Å². The predicted octanol–water partition coefficient (Wildman–Crippen LogP) is 4.15. The fourth-order valence-corrected chi connectivity index (χ4v) is 3.67. The number of benzene rings is 2. The Kier molecular flexibility index (Phi) is 4.22. The molecule has 27 heavy (non-hydrogen) atoms. The molecule has 0 radical (unpaired) electrons. The highest BCUT2D eigenvalue weighted by molar-refractivity contribution is 6.05. The maximum atomic E-state index is 13.2. The second kappa shape index (κ2) is 6.58. The molecule has 1 N–H and O–H groups in total. The largest absolute Gasteiger partial charge is 0.497 e. The molecule has 3 aromatic rings. The molecule has 4 rings (SSSR count). The van der Waals surface area contributed by atoms with Gasteiger partial charge < -0.3 is 9.84 Å². The van der Waals surface area contributed by atoms with Gasteiger partial charge in [0, 0.05) is 16.6 Å². The van der Waals surface area contributed by atoms with E-state index in [0.717, 1.165) is 5.39 Å². The molecule has 1 saturated carbocycles. The van der Waals surface area contributed by atoms with Gasteiger partial charge in [0.05, 0.1) is 19.0 Å². The maximum absolute atomic E-state index is 13.2. The normalized spacial score (nSPS) is 13.7. The summed E-state index contributed by atoms with van der Waals surface area (Å²) in [7, 11) is 1.56. The summed E-state index contributed by atoms with van der Waals surface area (Å²) in [4.78, 5) is 24.6. The van der Waals surface area contributed by atoms with E-state index in [1.807, 2.05) is 30.3 Å². The molecule has 2 aromatic carbocycles. The molecule has 0 unspecified atom stereocenters. The van der Waals surface area contributed by atoms with Gasteiger partial charge in [-0.3, -0.25) is 14.2 Å². The summed E-state index contributed by atoms with van der Waals surface area (Å²) in [6.07, 6.45) is 2.29. The molecule has 1 aliphatic rings. The lowest BCUT2D eigenvalue weighted by molar-refractivity contribution is -0.136. The van der Waals surface area contributed by atoms with Gasteiger partial charge in [-0.2, -0.15) is 0 Å². The zero-order chi connectivity index (χ0) is 19.1. The first-order chi connectivity index (χ1) is 13.0. The first-order valence-corrected chi connectivity index (χ1v) is 9.04. The van der Waals surface area contributed by atoms with Crippen molar-refractivity contribution in [1.29, 1.82) is 0 Å². The van der Waals surface area contributed by atoms with Crippen LogP contribution in [0.25, 0.3) is 10.9 Å². The van der Waals surface area contributed by atoms with E-state index < -0.39 is 5.97 Å². The van der Waals surface area contributed by atoms with Crippen LogP contribution in [0.1, 0.15) is 45.9 Å². The van der Waals surface area contributed by atoms with Gasteiger partial charge in [-0.25, -0.2) is 0 Å². The van der Waals surface area contributed by atoms with Crippen LogP contribution in [0.3, 0.4) is 0 Å². The van der Waals surface area contributed by atoms with Gasteiger partial charge in [0.2, 0.25) is 0 Å². The van der Waals surface area contributed by atoms with E-state index in [9.17, 15) is 14.7 Å². The molecule has 0 spiro atoms. The van der Waals surface area contributed by atoms with Gasteiger partial charge in [-0.15, -0.1) is 0 Å². The first-order valence-electron chi connectivity index (χ1n) is 9.04. The van der Waals surface area contributed by atoms with Gasteiger partial charge >= 0.3 is 5.97 Å². The summed E-state index contributed by atoms with van der Waals surface area (Å²) in [6.45, 7) is 1.79. The lowest BCUT2D eigenvalue weighted by Gasteiger charge is -2.08. The van der Waals surface area contributed by atoms with E-state index >= 15 is 0 Å². The van der Waals surface area contributed by atoms with Crippen LogP contribution in [-0.4, -0.2) is 28.7 Å². The third-order valence-electron chi connectivity index (χ3n) is 5.28. The Hall–Kier alpha value is -3.08. The molecule has 0 amide bonds. The van der Waals surface area contributed by atoms with Crippen LogP contribution in [-0.2, 0) is 11.2 Å². The van der Waals surface area contributed by atoms with Gasteiger partial charge in [-0.05, 0) is 67.1 Å². The predicted molar refractivity (Wildman–Crippen MR) is 103 cm³/mol. The van der Waals surface area contributed by atoms with E-state index in [1.54, 1.807) is 30.7 Å². The van der Waals surface area contributed by atoms with Crippen molar-refractivity contribution >= 4 is 22.8 Å². The number of aromatic nitrogens is 1. The topological polar surface area (TPSA) is 68.5 Å². The minimum absolute atomic E-state index is 0.142. The molecule has 0 atom stereocenters. The second-order valence-electron chi connectivity index (χ2n) is 7.05. The first kappa shape index (κ1) is 17.3. The number of carboxylic acids is 1. The standard InChI is InChI=1S/C22H21NO4/c1-13-18(12-21(24)25)19-11-17(27-2)9-10-20(19)23(13)22(26)16-7-5-15(6-8-16)14-3-4-14/h5-11,14H,3-4,12H2,1-2H3,(H,24,25). The summed E-state index contributed by atoms with van der Waals surface area (Å²) >= 11 is 0. The lowest BCUT2D eigenvalue weighted by atomic mass is 10.1. The monoisotopic (exact) mass is 363 g/mol. The molecule has 5 heteroatoms. The van der Waals surface area contributed by atoms with Crippen molar-refractivity contribution in [1.82, 2.24) is 4.57 Å². The molecule has 0 saturated heterocycles. The number of carbonyl (C=O) groups is 2. The molecule has 138 valence electrons. The molecule has 5 nitrogen and oxygen atoms in total. The maximum Gasteiger partial charge on any atom is 0.307 e. The van der Waals surface area contributed by atoms with E-state index in [2.05, 4.69) is 0 Å². The van der Waals surface area contributed by atoms with Crippen LogP contribution in [0.2, 0.25) is 0 Å². The van der Waals surface area contributed by atoms with Crippen molar-refractivity contribution in [3.63, 3.8) is 0 Å². The van der Waals surface area contributed by atoms with Crippen LogP contribution < -0.4 is 4.74 Å². The van der Waals surface area contributed by atoms with E-state index in [4.69, 9.17) is 4.74 Å². The lowest BCUT2D eigenvalue weighted by Crippen LogP contribution is -2.14. The minimum Gasteiger partial charge on any atom is -0.497 e. The molecule has 1 aliphatic carbocycles. The van der Waals surface area contributed by atoms with Crippen molar-refractivity contribution in [2.24, 2.45) is 0 Å². The molecule has 0 bridgehead atoms. The molecular formula is C22H21NO4. The van der Waals surface area contributed by atoms with Gasteiger partial charge in [-0.1, -0.05) is 12.1 Å². The van der Waals surface area contributed by atoms with Gasteiger partial charge in [0.15, 0.2) is 0 Å². The van der Waals surface area contributed by atoms with Gasteiger partial charge in [0.25, 0.3) is 5.91 Å². The van der Waals surface area contributed by atoms with Crippen molar-refractivity contribution in [2.45, 2.75) is 32.1 Å². The van der Waals surface area contributed by atoms with Crippen molar-refractivity contribution in [2.75, 3.05) is 7.11 Å². The highest BCUT2D eigenvalue weighted by atomic mass is 16.5. The Labute approximate surface area is 157 Å². The Balaban J connectivity index is 1.83. The Morgan fingerprint density at radius 2 is 1.85 bits per heavy atom. The van der Waals surface area contributed by atoms with E-state index in [-0.39, 0.29) is 12.3 Å². The van der Waals surface area contributed by atoms with Crippen LogP contribution >= 0.6 is 0 Å². The number of hydrogen-bond donors (Lipinski definition) is 1. The summed E-state index contributed by atoms with van der Waals surface area (Å²) < 4.78 is 6.89. The number of methoxy groups -OCH3 is 1. The van der Waals surface area contributed by atoms with Crippen molar-refractivity contribution < 1.29 is 19.4 Å². The average molecular weight is 363 g/mol. The minimum atomic E-state index is -0.929. The zero-order valence-electron chi connectivity index (χ0n) is 15.4. The third kappa shape index (κ3) is 3.10. The Morgan fingerprint density at radius 3 is 2.44 bits per heavy atom. The number of fused-ring (bicyclic) bond motifs is 1. The third-order valence-corrected chi connectivity index (χ3v) is 5.28. The number of carbonyl (C=O) groups excluding carboxylic acids is 1. The van der Waals surface area contributed by atoms with Crippen LogP contribution in [0.4, 0.5) is 0 Å². The number of hydrogen-bond acceptors (Lipinski definition) is 3. The average Bonchev–Trinajstić information content (AvgIpc) is 3.48. The quantitative estimate of drug-likeness (QED) is 0.739. The number of carboxylic acid groups (broad SMARTS) is 1. The summed E-state index contributed by atoms with van der Waals surface area (Å²) in [6, 6.07) is 13.2. The highest BCUT2D eigenvalue weighted by Gasteiger charge is 2.25. The smallest absolute Gasteiger partial charge is 0.307 e. The van der Waals surface area contributed by atoms with E-state index in [1.165, 1.54) is 18.4 Å². The van der Waals surface area contributed by atoms with Crippen LogP contribution in [0, 0.1) is 6.92 Å². The summed E-state index contributed by atoms with van der Waals surface area (Å²) in [5.41, 5.74) is 3.85. The molecule has 1 fully saturated rings.